The van der Waals surface area contributed by atoms with E-state index in [0.717, 1.165) is 13.8 Å². The van der Waals surface area contributed by atoms with E-state index >= 15 is 0 Å². The smallest absolute Gasteiger partial charge is 0.201 e. The summed E-state index contributed by atoms with van der Waals surface area (Å²) in [7, 11) is 3.26. The standard InChI is InChI=1S/C9H22BNS/c1-8(2,11(6)10-5)7-9(3,4)12/h10,12H,7H2,1-6H3. The average Bonchev–Trinajstić information content (AvgIpc) is 1.80. The third-order valence-corrected chi connectivity index (χ3v) is 2.53. The van der Waals surface area contributed by atoms with Gasteiger partial charge >= 0.3 is 0 Å². The van der Waals surface area contributed by atoms with Crippen LogP contribution in [0.1, 0.15) is 34.1 Å². The molecule has 0 spiro atoms. The van der Waals surface area contributed by atoms with E-state index in [-0.39, 0.29) is 10.3 Å². The van der Waals surface area contributed by atoms with Crippen LogP contribution in [0.25, 0.3) is 0 Å². The first kappa shape index (κ1) is 12.4. The van der Waals surface area contributed by atoms with E-state index in [1.165, 1.54) is 0 Å². The van der Waals surface area contributed by atoms with Crippen LogP contribution in [-0.4, -0.2) is 29.6 Å². The van der Waals surface area contributed by atoms with Crippen LogP contribution in [-0.2, 0) is 0 Å². The molecule has 0 atom stereocenters. The zero-order chi connectivity index (χ0) is 9.99. The third kappa shape index (κ3) is 4.41. The van der Waals surface area contributed by atoms with Gasteiger partial charge in [-0.15, -0.1) is 0 Å². The second kappa shape index (κ2) is 4.06. The van der Waals surface area contributed by atoms with E-state index < -0.39 is 0 Å². The molecule has 0 rings (SSSR count). The average molecular weight is 187 g/mol. The van der Waals surface area contributed by atoms with Gasteiger partial charge in [0.15, 0.2) is 0 Å². The van der Waals surface area contributed by atoms with Gasteiger partial charge in [-0.3, -0.25) is 0 Å². The summed E-state index contributed by atoms with van der Waals surface area (Å²) in [5.74, 6) is 0. The lowest BCUT2D eigenvalue weighted by molar-refractivity contribution is 0.236. The first-order valence-corrected chi connectivity index (χ1v) is 5.07. The van der Waals surface area contributed by atoms with Crippen molar-refractivity contribution in [1.29, 1.82) is 0 Å². The maximum absolute atomic E-state index is 4.55. The van der Waals surface area contributed by atoms with Crippen LogP contribution in [0, 0.1) is 0 Å². The molecule has 0 aliphatic carbocycles. The van der Waals surface area contributed by atoms with Gasteiger partial charge in [0, 0.05) is 10.3 Å². The Bertz CT molecular complexity index is 140. The van der Waals surface area contributed by atoms with Gasteiger partial charge in [-0.2, -0.15) is 12.6 Å². The predicted octanol–water partition coefficient (Wildman–Crippen LogP) is 2.19. The van der Waals surface area contributed by atoms with E-state index in [2.05, 4.69) is 59.0 Å². The molecule has 0 amide bonds. The van der Waals surface area contributed by atoms with Gasteiger partial charge in [0.1, 0.15) is 0 Å². The monoisotopic (exact) mass is 187 g/mol. The van der Waals surface area contributed by atoms with Crippen LogP contribution in [0.4, 0.5) is 0 Å². The van der Waals surface area contributed by atoms with E-state index in [4.69, 9.17) is 0 Å². The summed E-state index contributed by atoms with van der Waals surface area (Å²) in [4.78, 5) is 2.37. The van der Waals surface area contributed by atoms with E-state index in [1.54, 1.807) is 0 Å². The fourth-order valence-corrected chi connectivity index (χ4v) is 2.01. The lowest BCUT2D eigenvalue weighted by Gasteiger charge is -2.39. The molecule has 0 aromatic heterocycles. The fraction of sp³-hybridized carbons (Fsp3) is 1.00. The van der Waals surface area contributed by atoms with Crippen LogP contribution in [0.15, 0.2) is 0 Å². The summed E-state index contributed by atoms with van der Waals surface area (Å²) in [6.45, 7) is 11.1. The van der Waals surface area contributed by atoms with Crippen molar-refractivity contribution in [3.05, 3.63) is 0 Å². The lowest BCUT2D eigenvalue weighted by Crippen LogP contribution is -2.45. The molecular weight excluding hydrogens is 165 g/mol. The van der Waals surface area contributed by atoms with Crippen LogP contribution in [0.2, 0.25) is 6.82 Å². The van der Waals surface area contributed by atoms with Gasteiger partial charge in [0.05, 0.1) is 0 Å². The highest BCUT2D eigenvalue weighted by molar-refractivity contribution is 7.81. The Morgan fingerprint density at radius 3 is 1.92 bits per heavy atom. The molecule has 3 heteroatoms. The Hall–Kier alpha value is 0.375. The molecule has 0 radical (unpaired) electrons. The number of rotatable bonds is 4. The summed E-state index contributed by atoms with van der Waals surface area (Å²) in [6, 6.07) is 0. The molecule has 0 heterocycles. The normalized spacial score (nSPS) is 13.7. The molecule has 0 bridgehead atoms. The van der Waals surface area contributed by atoms with Crippen LogP contribution in [0.5, 0.6) is 0 Å². The predicted molar refractivity (Wildman–Crippen MR) is 62.5 cm³/mol. The Labute approximate surface area is 83.6 Å². The Morgan fingerprint density at radius 1 is 1.25 bits per heavy atom. The van der Waals surface area contributed by atoms with Crippen molar-refractivity contribution >= 4 is 20.0 Å². The first-order chi connectivity index (χ1) is 5.19. The van der Waals surface area contributed by atoms with Crippen molar-refractivity contribution in [3.63, 3.8) is 0 Å². The summed E-state index contributed by atoms with van der Waals surface area (Å²) in [6.07, 6.45) is 1.10. The summed E-state index contributed by atoms with van der Waals surface area (Å²) < 4.78 is 0.118. The van der Waals surface area contributed by atoms with Crippen LogP contribution in [0.3, 0.4) is 0 Å². The second-order valence-corrected chi connectivity index (χ2v) is 6.03. The fourth-order valence-electron chi connectivity index (χ4n) is 1.62. The molecular formula is C9H22BNS. The summed E-state index contributed by atoms with van der Waals surface area (Å²) in [5.41, 5.74) is 0.250. The largest absolute Gasteiger partial charge is 0.343 e. The topological polar surface area (TPSA) is 3.24 Å². The molecule has 0 aromatic rings. The molecule has 0 aliphatic heterocycles. The number of hydrogen-bond donors (Lipinski definition) is 1. The second-order valence-electron chi connectivity index (χ2n) is 4.82. The summed E-state index contributed by atoms with van der Waals surface area (Å²) in [5, 5.41) is 0. The van der Waals surface area contributed by atoms with Crippen LogP contribution >= 0.6 is 12.6 Å². The molecule has 0 aromatic carbocycles. The van der Waals surface area contributed by atoms with Gasteiger partial charge in [0.2, 0.25) is 7.41 Å². The highest BCUT2D eigenvalue weighted by Crippen LogP contribution is 2.28. The Kier molecular flexibility index (Phi) is 4.18. The molecule has 0 saturated heterocycles. The highest BCUT2D eigenvalue weighted by atomic mass is 32.1. The highest BCUT2D eigenvalue weighted by Gasteiger charge is 2.28. The van der Waals surface area contributed by atoms with Crippen molar-refractivity contribution in [2.75, 3.05) is 7.05 Å². The van der Waals surface area contributed by atoms with Gasteiger partial charge in [-0.1, -0.05) is 20.7 Å². The summed E-state index contributed by atoms with van der Waals surface area (Å²) >= 11 is 4.55. The molecule has 0 saturated carbocycles. The van der Waals surface area contributed by atoms with Crippen molar-refractivity contribution in [3.8, 4) is 0 Å². The molecule has 0 aliphatic rings. The molecule has 12 heavy (non-hydrogen) atoms. The molecule has 72 valence electrons. The van der Waals surface area contributed by atoms with Gasteiger partial charge < -0.3 is 4.81 Å². The maximum Gasteiger partial charge on any atom is 0.201 e. The zero-order valence-corrected chi connectivity index (χ0v) is 10.2. The first-order valence-electron chi connectivity index (χ1n) is 4.62. The minimum Gasteiger partial charge on any atom is -0.343 e. The minimum atomic E-state index is 0.118. The molecule has 0 fully saturated rings. The van der Waals surface area contributed by atoms with Crippen molar-refractivity contribution in [1.82, 2.24) is 4.81 Å². The Morgan fingerprint density at radius 2 is 1.67 bits per heavy atom. The van der Waals surface area contributed by atoms with Crippen LogP contribution < -0.4 is 0 Å². The molecule has 0 unspecified atom stereocenters. The number of nitrogens with zero attached hydrogens (tertiary/aromatic N) is 1. The quantitative estimate of drug-likeness (QED) is 0.521. The van der Waals surface area contributed by atoms with Crippen molar-refractivity contribution in [2.24, 2.45) is 0 Å². The van der Waals surface area contributed by atoms with E-state index in [9.17, 15) is 0 Å². The number of thiol groups is 1. The van der Waals surface area contributed by atoms with Crippen molar-refractivity contribution < 1.29 is 0 Å². The maximum atomic E-state index is 4.55. The number of hydrogen-bond acceptors (Lipinski definition) is 2. The van der Waals surface area contributed by atoms with Gasteiger partial charge in [0.25, 0.3) is 0 Å². The molecule has 1 nitrogen and oxygen atoms in total. The van der Waals surface area contributed by atoms with Crippen molar-refractivity contribution in [2.45, 2.75) is 51.2 Å². The van der Waals surface area contributed by atoms with E-state index in [0.29, 0.717) is 0 Å². The van der Waals surface area contributed by atoms with Gasteiger partial charge in [-0.05, 0) is 27.3 Å². The van der Waals surface area contributed by atoms with E-state index in [1.807, 2.05) is 0 Å². The zero-order valence-electron chi connectivity index (χ0n) is 9.31. The Balaban J connectivity index is 4.22. The SMILES string of the molecule is CBN(C)C(C)(C)CC(C)(C)S. The van der Waals surface area contributed by atoms with Gasteiger partial charge in [-0.25, -0.2) is 0 Å². The minimum absolute atomic E-state index is 0.118. The lowest BCUT2D eigenvalue weighted by atomic mass is 9.83. The third-order valence-electron chi connectivity index (χ3n) is 2.37. The molecule has 0 N–H and O–H groups in total.